The number of hydrogen-bond acceptors (Lipinski definition) is 3. The maximum absolute atomic E-state index is 13.3. The van der Waals surface area contributed by atoms with Crippen LogP contribution >= 0.6 is 0 Å². The number of amides is 2. The Balaban J connectivity index is 1.41. The summed E-state index contributed by atoms with van der Waals surface area (Å²) in [6.45, 7) is 6.16. The fourth-order valence-electron chi connectivity index (χ4n) is 5.43. The van der Waals surface area contributed by atoms with Crippen LogP contribution in [0.25, 0.3) is 0 Å². The summed E-state index contributed by atoms with van der Waals surface area (Å²) in [5.74, 6) is 1.38. The van der Waals surface area contributed by atoms with Crippen LogP contribution in [0.15, 0.2) is 10.9 Å². The third kappa shape index (κ3) is 3.99. The monoisotopic (exact) mass is 399 g/mol. The van der Waals surface area contributed by atoms with Gasteiger partial charge in [-0.05, 0) is 75.8 Å². The summed E-state index contributed by atoms with van der Waals surface area (Å²) < 4.78 is 0. The third-order valence-corrected chi connectivity index (χ3v) is 7.37. The molecule has 0 bridgehead atoms. The van der Waals surface area contributed by atoms with Gasteiger partial charge >= 0.3 is 0 Å². The Morgan fingerprint density at radius 3 is 2.55 bits per heavy atom. The van der Waals surface area contributed by atoms with Gasteiger partial charge in [0.05, 0.1) is 0 Å². The molecule has 158 valence electrons. The minimum Gasteiger partial charge on any atom is -0.350 e. The predicted molar refractivity (Wildman–Crippen MR) is 111 cm³/mol. The van der Waals surface area contributed by atoms with E-state index in [0.717, 1.165) is 55.7 Å². The van der Waals surface area contributed by atoms with Gasteiger partial charge in [-0.15, -0.1) is 0 Å². The van der Waals surface area contributed by atoms with E-state index in [1.165, 1.54) is 6.42 Å². The van der Waals surface area contributed by atoms with Crippen LogP contribution < -0.4 is 10.9 Å². The number of aryl methyl sites for hydroxylation is 2. The number of piperidine rings is 1. The summed E-state index contributed by atoms with van der Waals surface area (Å²) in [6.07, 6.45) is 7.15. The summed E-state index contributed by atoms with van der Waals surface area (Å²) in [6, 6.07) is 1.79. The van der Waals surface area contributed by atoms with Crippen molar-refractivity contribution in [2.24, 2.45) is 17.8 Å². The number of pyridine rings is 1. The zero-order chi connectivity index (χ0) is 20.7. The molecular formula is C23H33N3O3. The van der Waals surface area contributed by atoms with E-state index in [-0.39, 0.29) is 41.9 Å². The number of hydrogen-bond donors (Lipinski definition) is 2. The van der Waals surface area contributed by atoms with Crippen LogP contribution in [0, 0.1) is 31.6 Å². The number of aromatic nitrogens is 1. The first-order valence-corrected chi connectivity index (χ1v) is 11.2. The lowest BCUT2D eigenvalue weighted by Crippen LogP contribution is -2.50. The van der Waals surface area contributed by atoms with E-state index in [4.69, 9.17) is 0 Å². The number of rotatable bonds is 5. The molecule has 6 heteroatoms. The summed E-state index contributed by atoms with van der Waals surface area (Å²) in [4.78, 5) is 43.1. The number of aromatic amines is 1. The van der Waals surface area contributed by atoms with Gasteiger partial charge in [0.25, 0.3) is 5.56 Å². The minimum atomic E-state index is -0.375. The van der Waals surface area contributed by atoms with Crippen LogP contribution in [0.1, 0.15) is 68.7 Å². The number of fused-ring (bicyclic) bond motifs is 1. The van der Waals surface area contributed by atoms with E-state index in [1.807, 2.05) is 24.8 Å². The van der Waals surface area contributed by atoms with Crippen molar-refractivity contribution >= 4 is 11.8 Å². The molecule has 3 atom stereocenters. The highest BCUT2D eigenvalue weighted by Gasteiger charge is 2.56. The Kier molecular flexibility index (Phi) is 5.54. The van der Waals surface area contributed by atoms with Gasteiger partial charge in [-0.2, -0.15) is 0 Å². The summed E-state index contributed by atoms with van der Waals surface area (Å²) in [5.41, 5.74) is 2.12. The molecule has 2 N–H and O–H groups in total. The SMILES string of the molecule is CCC1CCC(C(=O)N2[C@H](C(=O)NCc3c(C)cc(C)[nH]c3=O)C[C@H]3C[C@@H]32)CC1. The Hall–Kier alpha value is -2.11. The first-order valence-electron chi connectivity index (χ1n) is 11.2. The molecule has 0 spiro atoms. The molecule has 6 nitrogen and oxygen atoms in total. The van der Waals surface area contributed by atoms with Gasteiger partial charge in [-0.3, -0.25) is 14.4 Å². The van der Waals surface area contributed by atoms with Crippen molar-refractivity contribution in [1.82, 2.24) is 15.2 Å². The van der Waals surface area contributed by atoms with Crippen molar-refractivity contribution in [3.05, 3.63) is 33.2 Å². The molecular weight excluding hydrogens is 366 g/mol. The highest BCUT2D eigenvalue weighted by molar-refractivity contribution is 5.90. The van der Waals surface area contributed by atoms with Gasteiger partial charge in [0.2, 0.25) is 11.8 Å². The summed E-state index contributed by atoms with van der Waals surface area (Å²) >= 11 is 0. The topological polar surface area (TPSA) is 82.3 Å². The molecule has 1 saturated heterocycles. The van der Waals surface area contributed by atoms with E-state index >= 15 is 0 Å². The van der Waals surface area contributed by atoms with E-state index in [1.54, 1.807) is 0 Å². The predicted octanol–water partition coefficient (Wildman–Crippen LogP) is 2.81. The lowest BCUT2D eigenvalue weighted by atomic mass is 9.80. The quantitative estimate of drug-likeness (QED) is 0.799. The maximum atomic E-state index is 13.3. The number of carbonyl (C=O) groups excluding carboxylic acids is 2. The van der Waals surface area contributed by atoms with Crippen LogP contribution in [0.5, 0.6) is 0 Å². The molecule has 2 aliphatic carbocycles. The normalized spacial score (nSPS) is 30.7. The molecule has 0 unspecified atom stereocenters. The van der Waals surface area contributed by atoms with Gasteiger partial charge in [0.15, 0.2) is 0 Å². The van der Waals surface area contributed by atoms with Crippen molar-refractivity contribution in [2.75, 3.05) is 0 Å². The van der Waals surface area contributed by atoms with Gasteiger partial charge < -0.3 is 15.2 Å². The average molecular weight is 400 g/mol. The van der Waals surface area contributed by atoms with E-state index < -0.39 is 0 Å². The molecule has 2 saturated carbocycles. The van der Waals surface area contributed by atoms with Crippen LogP contribution in [0.2, 0.25) is 0 Å². The molecule has 1 aromatic rings. The molecule has 1 aliphatic heterocycles. The largest absolute Gasteiger partial charge is 0.350 e. The van der Waals surface area contributed by atoms with Gasteiger partial charge in [0, 0.05) is 29.8 Å². The number of carbonyl (C=O) groups is 2. The first-order chi connectivity index (χ1) is 13.9. The molecule has 29 heavy (non-hydrogen) atoms. The highest BCUT2D eigenvalue weighted by Crippen LogP contribution is 2.49. The lowest BCUT2D eigenvalue weighted by Gasteiger charge is -2.33. The van der Waals surface area contributed by atoms with E-state index in [2.05, 4.69) is 17.2 Å². The zero-order valence-corrected chi connectivity index (χ0v) is 17.8. The van der Waals surface area contributed by atoms with Crippen molar-refractivity contribution in [1.29, 1.82) is 0 Å². The second-order valence-electron chi connectivity index (χ2n) is 9.35. The fourth-order valence-corrected chi connectivity index (χ4v) is 5.43. The van der Waals surface area contributed by atoms with Crippen molar-refractivity contribution in [3.8, 4) is 0 Å². The maximum Gasteiger partial charge on any atom is 0.253 e. The smallest absolute Gasteiger partial charge is 0.253 e. The standard InChI is InChI=1S/C23H33N3O3/c1-4-15-5-7-16(8-6-15)23(29)26-19-10-17(19)11-20(26)22(28)24-12-18-13(2)9-14(3)25-21(18)27/h9,15-17,19-20H,4-8,10-12H2,1-3H3,(H,24,28)(H,25,27)/t15?,16?,17-,19+,20+/m1/s1. The van der Waals surface area contributed by atoms with Crippen molar-refractivity contribution in [2.45, 2.75) is 84.3 Å². The Morgan fingerprint density at radius 1 is 1.17 bits per heavy atom. The van der Waals surface area contributed by atoms with Gasteiger partial charge in [-0.25, -0.2) is 0 Å². The molecule has 4 rings (SSSR count). The third-order valence-electron chi connectivity index (χ3n) is 7.37. The lowest BCUT2D eigenvalue weighted by molar-refractivity contribution is -0.144. The highest BCUT2D eigenvalue weighted by atomic mass is 16.2. The molecule has 2 amide bonds. The Bertz CT molecular complexity index is 853. The number of nitrogens with one attached hydrogen (secondary N) is 2. The minimum absolute atomic E-state index is 0.0784. The Morgan fingerprint density at radius 2 is 1.90 bits per heavy atom. The molecule has 1 aromatic heterocycles. The second kappa shape index (κ2) is 7.96. The average Bonchev–Trinajstić information content (AvgIpc) is 3.36. The molecule has 2 heterocycles. The summed E-state index contributed by atoms with van der Waals surface area (Å²) in [7, 11) is 0. The van der Waals surface area contributed by atoms with Crippen molar-refractivity contribution < 1.29 is 9.59 Å². The van der Waals surface area contributed by atoms with Gasteiger partial charge in [-0.1, -0.05) is 13.3 Å². The molecule has 0 aromatic carbocycles. The number of nitrogens with zero attached hydrogens (tertiary/aromatic N) is 1. The van der Waals surface area contributed by atoms with E-state index in [0.29, 0.717) is 11.5 Å². The van der Waals surface area contributed by atoms with Crippen LogP contribution in [0.3, 0.4) is 0 Å². The van der Waals surface area contributed by atoms with E-state index in [9.17, 15) is 14.4 Å². The van der Waals surface area contributed by atoms with Crippen LogP contribution in [-0.4, -0.2) is 33.8 Å². The fraction of sp³-hybridized carbons (Fsp3) is 0.696. The molecule has 3 fully saturated rings. The zero-order valence-electron chi connectivity index (χ0n) is 17.8. The first kappa shape index (κ1) is 20.2. The van der Waals surface area contributed by atoms with Crippen LogP contribution in [-0.2, 0) is 16.1 Å². The van der Waals surface area contributed by atoms with Crippen LogP contribution in [0.4, 0.5) is 0 Å². The number of likely N-dealkylation sites (tertiary alicyclic amines) is 1. The molecule has 3 aliphatic rings. The van der Waals surface area contributed by atoms with Crippen molar-refractivity contribution in [3.63, 3.8) is 0 Å². The summed E-state index contributed by atoms with van der Waals surface area (Å²) in [5, 5.41) is 2.93. The molecule has 0 radical (unpaired) electrons. The van der Waals surface area contributed by atoms with Gasteiger partial charge in [0.1, 0.15) is 6.04 Å². The number of H-pyrrole nitrogens is 1. The Labute approximate surface area is 172 Å². The second-order valence-corrected chi connectivity index (χ2v) is 9.35.